The highest BCUT2D eigenvalue weighted by atomic mass is 35.5. The maximum Gasteiger partial charge on any atom is 0.248 e. The highest BCUT2D eigenvalue weighted by Crippen LogP contribution is 2.25. The van der Waals surface area contributed by atoms with E-state index in [1.807, 2.05) is 17.0 Å². The number of rotatable bonds is 5. The lowest BCUT2D eigenvalue weighted by atomic mass is 10.1. The van der Waals surface area contributed by atoms with E-state index in [0.717, 1.165) is 11.6 Å². The predicted octanol–water partition coefficient (Wildman–Crippen LogP) is 4.16. The van der Waals surface area contributed by atoms with Crippen molar-refractivity contribution in [3.05, 3.63) is 92.9 Å². The quantitative estimate of drug-likeness (QED) is 0.484. The highest BCUT2D eigenvalue weighted by Gasteiger charge is 2.17. The summed E-state index contributed by atoms with van der Waals surface area (Å²) in [4.78, 5) is 29.0. The molecule has 152 valence electrons. The average Bonchev–Trinajstić information content (AvgIpc) is 2.70. The first-order valence-electron chi connectivity index (χ1n) is 9.05. The Morgan fingerprint density at radius 3 is 2.57 bits per heavy atom. The van der Waals surface area contributed by atoms with E-state index in [4.69, 9.17) is 11.6 Å². The number of H-pyrrole nitrogens is 1. The Labute approximate surface area is 175 Å². The lowest BCUT2D eigenvalue weighted by molar-refractivity contribution is 0.515. The van der Waals surface area contributed by atoms with Gasteiger partial charge in [-0.3, -0.25) is 9.78 Å². The molecule has 4 aromatic rings. The predicted molar refractivity (Wildman–Crippen MR) is 110 cm³/mol. The number of nitrogens with one attached hydrogen (secondary N) is 1. The van der Waals surface area contributed by atoms with Crippen LogP contribution in [0.4, 0.5) is 14.6 Å². The van der Waals surface area contributed by atoms with Crippen LogP contribution in [-0.2, 0) is 13.1 Å². The molecule has 1 aromatic carbocycles. The fourth-order valence-corrected chi connectivity index (χ4v) is 3.50. The van der Waals surface area contributed by atoms with Gasteiger partial charge in [-0.2, -0.15) is 0 Å². The second-order valence-electron chi connectivity index (χ2n) is 6.75. The van der Waals surface area contributed by atoms with Gasteiger partial charge >= 0.3 is 0 Å². The lowest BCUT2D eigenvalue weighted by Gasteiger charge is -2.25. The maximum absolute atomic E-state index is 14.3. The van der Waals surface area contributed by atoms with Gasteiger partial charge < -0.3 is 9.88 Å². The van der Waals surface area contributed by atoms with Crippen LogP contribution in [0.2, 0.25) is 5.15 Å². The number of benzene rings is 1. The molecule has 0 aliphatic heterocycles. The monoisotopic (exact) mass is 427 g/mol. The first kappa shape index (κ1) is 19.9. The van der Waals surface area contributed by atoms with Crippen molar-refractivity contribution in [3.8, 4) is 0 Å². The molecule has 30 heavy (non-hydrogen) atoms. The van der Waals surface area contributed by atoms with Crippen LogP contribution >= 0.6 is 11.6 Å². The van der Waals surface area contributed by atoms with Gasteiger partial charge in [0, 0.05) is 43.0 Å². The second kappa shape index (κ2) is 8.16. The minimum Gasteiger partial charge on any atom is -0.348 e. The number of hydrogen-bond acceptors (Lipinski definition) is 5. The summed E-state index contributed by atoms with van der Waals surface area (Å²) in [7, 11) is 0. The molecule has 1 N–H and O–H groups in total. The average molecular weight is 428 g/mol. The first-order valence-corrected chi connectivity index (χ1v) is 9.43. The van der Waals surface area contributed by atoms with E-state index in [-0.39, 0.29) is 17.2 Å². The Hall–Kier alpha value is -3.39. The number of hydrogen-bond donors (Lipinski definition) is 1. The van der Waals surface area contributed by atoms with Gasteiger partial charge in [-0.1, -0.05) is 11.6 Å². The molecule has 0 atom stereocenters. The van der Waals surface area contributed by atoms with Crippen molar-refractivity contribution in [1.82, 2.24) is 19.9 Å². The zero-order chi connectivity index (χ0) is 21.3. The van der Waals surface area contributed by atoms with Crippen molar-refractivity contribution in [2.45, 2.75) is 20.0 Å². The summed E-state index contributed by atoms with van der Waals surface area (Å²) in [5.41, 5.74) is 0.777. The lowest BCUT2D eigenvalue weighted by Crippen LogP contribution is -2.25. The van der Waals surface area contributed by atoms with E-state index < -0.39 is 17.2 Å². The fourth-order valence-electron chi connectivity index (χ4n) is 3.28. The van der Waals surface area contributed by atoms with Gasteiger partial charge in [-0.25, -0.2) is 18.7 Å². The highest BCUT2D eigenvalue weighted by molar-refractivity contribution is 6.29. The minimum atomic E-state index is -1.09. The number of pyridine rings is 2. The molecule has 0 saturated heterocycles. The van der Waals surface area contributed by atoms with Gasteiger partial charge in [0.05, 0.1) is 5.52 Å². The zero-order valence-electron chi connectivity index (χ0n) is 15.9. The molecule has 0 amide bonds. The van der Waals surface area contributed by atoms with Crippen molar-refractivity contribution >= 4 is 28.3 Å². The fraction of sp³-hybridized carbons (Fsp3) is 0.143. The van der Waals surface area contributed by atoms with E-state index in [0.29, 0.717) is 29.1 Å². The van der Waals surface area contributed by atoms with E-state index in [2.05, 4.69) is 19.9 Å². The van der Waals surface area contributed by atoms with Crippen LogP contribution in [0.25, 0.3) is 10.9 Å². The van der Waals surface area contributed by atoms with Crippen LogP contribution in [0, 0.1) is 18.6 Å². The van der Waals surface area contributed by atoms with Gasteiger partial charge in [-0.05, 0) is 42.3 Å². The number of anilines is 1. The zero-order valence-corrected chi connectivity index (χ0v) is 16.6. The maximum atomic E-state index is 14.3. The number of aromatic amines is 1. The van der Waals surface area contributed by atoms with Gasteiger partial charge in [-0.15, -0.1) is 0 Å². The summed E-state index contributed by atoms with van der Waals surface area (Å²) in [6.07, 6.45) is 3.35. The van der Waals surface area contributed by atoms with Crippen molar-refractivity contribution in [3.63, 3.8) is 0 Å². The summed E-state index contributed by atoms with van der Waals surface area (Å²) in [5, 5.41) is 0.686. The minimum absolute atomic E-state index is 0.168. The molecule has 0 unspecified atom stereocenters. The number of aryl methyl sites for hydroxylation is 1. The van der Waals surface area contributed by atoms with E-state index >= 15 is 0 Å². The molecule has 0 saturated carbocycles. The topological polar surface area (TPSA) is 74.8 Å². The molecule has 3 aromatic heterocycles. The summed E-state index contributed by atoms with van der Waals surface area (Å²) in [5.74, 6) is -1.09. The number of nitrogens with zero attached hydrogens (tertiary/aromatic N) is 4. The van der Waals surface area contributed by atoms with Crippen LogP contribution in [0.15, 0.2) is 53.6 Å². The van der Waals surface area contributed by atoms with E-state index in [1.165, 1.54) is 12.1 Å². The van der Waals surface area contributed by atoms with Crippen molar-refractivity contribution in [1.29, 1.82) is 0 Å². The summed E-state index contributed by atoms with van der Waals surface area (Å²) < 4.78 is 27.9. The van der Waals surface area contributed by atoms with Crippen LogP contribution in [0.1, 0.15) is 17.0 Å². The molecule has 0 radical (unpaired) electrons. The molecule has 0 bridgehead atoms. The number of aromatic nitrogens is 4. The van der Waals surface area contributed by atoms with Crippen LogP contribution in [0.3, 0.4) is 0 Å². The second-order valence-corrected chi connectivity index (χ2v) is 7.14. The van der Waals surface area contributed by atoms with Crippen molar-refractivity contribution < 1.29 is 8.78 Å². The van der Waals surface area contributed by atoms with E-state index in [1.54, 1.807) is 25.4 Å². The SMILES string of the molecule is Cc1nc(Cl)cc(N(Cc2ccncc2)Cc2cc(=O)[nH]c3c(F)c(F)ccc23)n1. The molecule has 9 heteroatoms. The van der Waals surface area contributed by atoms with Crippen LogP contribution in [0.5, 0.6) is 0 Å². The summed E-state index contributed by atoms with van der Waals surface area (Å²) in [6.45, 7) is 2.36. The molecule has 6 nitrogen and oxygen atoms in total. The molecule has 0 spiro atoms. The van der Waals surface area contributed by atoms with Gasteiger partial charge in [0.2, 0.25) is 5.56 Å². The normalized spacial score (nSPS) is 11.1. The third kappa shape index (κ3) is 4.13. The van der Waals surface area contributed by atoms with Crippen LogP contribution in [-0.4, -0.2) is 19.9 Å². The number of fused-ring (bicyclic) bond motifs is 1. The molecule has 3 heterocycles. The largest absolute Gasteiger partial charge is 0.348 e. The Balaban J connectivity index is 1.82. The molecular weight excluding hydrogens is 412 g/mol. The Morgan fingerprint density at radius 1 is 1.07 bits per heavy atom. The molecular formula is C21H16ClF2N5O. The molecule has 4 rings (SSSR count). The van der Waals surface area contributed by atoms with Crippen LogP contribution < -0.4 is 10.5 Å². The Kier molecular flexibility index (Phi) is 5.41. The van der Waals surface area contributed by atoms with Crippen molar-refractivity contribution in [2.24, 2.45) is 0 Å². The molecule has 0 fully saturated rings. The van der Waals surface area contributed by atoms with Gasteiger partial charge in [0.25, 0.3) is 0 Å². The standard InChI is InChI=1S/C21H16ClF2N5O/c1-12-26-17(22)9-18(27-12)29(10-13-4-6-25-7-5-13)11-14-8-19(30)28-21-15(14)2-3-16(23)20(21)24/h2-9H,10-11H2,1H3,(H,28,30). The molecule has 0 aliphatic carbocycles. The molecule has 0 aliphatic rings. The van der Waals surface area contributed by atoms with E-state index in [9.17, 15) is 13.6 Å². The summed E-state index contributed by atoms with van der Waals surface area (Å²) in [6, 6.07) is 9.18. The number of halogens is 3. The third-order valence-corrected chi connectivity index (χ3v) is 4.79. The Morgan fingerprint density at radius 2 is 1.83 bits per heavy atom. The third-order valence-electron chi connectivity index (χ3n) is 4.60. The summed E-state index contributed by atoms with van der Waals surface area (Å²) >= 11 is 6.12. The van der Waals surface area contributed by atoms with Gasteiger partial charge in [0.15, 0.2) is 11.6 Å². The Bertz CT molecular complexity index is 1260. The first-order chi connectivity index (χ1) is 14.4. The van der Waals surface area contributed by atoms with Gasteiger partial charge in [0.1, 0.15) is 16.8 Å². The smallest absolute Gasteiger partial charge is 0.248 e. The van der Waals surface area contributed by atoms with Crippen molar-refractivity contribution in [2.75, 3.05) is 4.90 Å².